The molecule has 0 aromatic heterocycles. The third-order valence-corrected chi connectivity index (χ3v) is 3.38. The Labute approximate surface area is 108 Å². The SMILES string of the molecule is CCC(c1cc(Br)ccc1[N+](=O)[O-])C(C)Cl. The van der Waals surface area contributed by atoms with Crippen LogP contribution in [0.3, 0.4) is 0 Å². The van der Waals surface area contributed by atoms with E-state index in [1.54, 1.807) is 12.1 Å². The van der Waals surface area contributed by atoms with Crippen LogP contribution in [0, 0.1) is 10.1 Å². The average Bonchev–Trinajstić information content (AvgIpc) is 2.17. The van der Waals surface area contributed by atoms with E-state index >= 15 is 0 Å². The lowest BCUT2D eigenvalue weighted by atomic mass is 9.92. The smallest absolute Gasteiger partial charge is 0.258 e. The molecule has 0 aliphatic carbocycles. The summed E-state index contributed by atoms with van der Waals surface area (Å²) in [6, 6.07) is 4.97. The first-order chi connectivity index (χ1) is 7.47. The summed E-state index contributed by atoms with van der Waals surface area (Å²) in [4.78, 5) is 10.6. The minimum atomic E-state index is -0.357. The Morgan fingerprint density at radius 3 is 2.62 bits per heavy atom. The number of rotatable bonds is 4. The predicted molar refractivity (Wildman–Crippen MR) is 69.1 cm³/mol. The molecule has 2 unspecified atom stereocenters. The van der Waals surface area contributed by atoms with Crippen molar-refractivity contribution in [3.8, 4) is 0 Å². The summed E-state index contributed by atoms with van der Waals surface area (Å²) in [5, 5.41) is 10.8. The van der Waals surface area contributed by atoms with Crippen LogP contribution in [-0.4, -0.2) is 10.3 Å². The standard InChI is InChI=1S/C11H13BrClNO2/c1-3-9(7(2)13)10-6-8(12)4-5-11(10)14(15)16/h4-7,9H,3H2,1-2H3. The fourth-order valence-corrected chi connectivity index (χ4v) is 2.47. The van der Waals surface area contributed by atoms with E-state index in [-0.39, 0.29) is 21.9 Å². The quantitative estimate of drug-likeness (QED) is 0.467. The highest BCUT2D eigenvalue weighted by atomic mass is 79.9. The van der Waals surface area contributed by atoms with Gasteiger partial charge in [-0.05, 0) is 25.5 Å². The molecule has 1 rings (SSSR count). The third kappa shape index (κ3) is 2.95. The molecular formula is C11H13BrClNO2. The largest absolute Gasteiger partial charge is 0.272 e. The monoisotopic (exact) mass is 305 g/mol. The average molecular weight is 307 g/mol. The summed E-state index contributed by atoms with van der Waals surface area (Å²) in [5.74, 6) is -0.000401. The van der Waals surface area contributed by atoms with Crippen LogP contribution in [0.25, 0.3) is 0 Å². The summed E-state index contributed by atoms with van der Waals surface area (Å²) >= 11 is 9.40. The molecule has 0 spiro atoms. The molecule has 0 amide bonds. The van der Waals surface area contributed by atoms with Gasteiger partial charge in [-0.1, -0.05) is 22.9 Å². The lowest BCUT2D eigenvalue weighted by Gasteiger charge is -2.17. The Hall–Kier alpha value is -0.610. The van der Waals surface area contributed by atoms with E-state index in [1.165, 1.54) is 6.07 Å². The summed E-state index contributed by atoms with van der Waals surface area (Å²) in [7, 11) is 0. The molecule has 0 aliphatic heterocycles. The zero-order chi connectivity index (χ0) is 12.3. The van der Waals surface area contributed by atoms with Gasteiger partial charge in [0.15, 0.2) is 0 Å². The maximum absolute atomic E-state index is 10.9. The molecule has 0 saturated carbocycles. The number of alkyl halides is 1. The van der Waals surface area contributed by atoms with Gasteiger partial charge in [0, 0.05) is 27.4 Å². The Balaban J connectivity index is 3.27. The number of hydrogen-bond acceptors (Lipinski definition) is 2. The van der Waals surface area contributed by atoms with Gasteiger partial charge in [0.05, 0.1) is 4.92 Å². The first-order valence-corrected chi connectivity index (χ1v) is 6.28. The van der Waals surface area contributed by atoms with E-state index in [1.807, 2.05) is 13.8 Å². The van der Waals surface area contributed by atoms with Crippen LogP contribution < -0.4 is 0 Å². The topological polar surface area (TPSA) is 43.1 Å². The Bertz CT molecular complexity index is 396. The first-order valence-electron chi connectivity index (χ1n) is 5.05. The molecule has 2 atom stereocenters. The van der Waals surface area contributed by atoms with Gasteiger partial charge in [-0.2, -0.15) is 0 Å². The molecule has 0 radical (unpaired) electrons. The summed E-state index contributed by atoms with van der Waals surface area (Å²) < 4.78 is 0.837. The van der Waals surface area contributed by atoms with Crippen LogP contribution in [0.1, 0.15) is 31.7 Å². The molecule has 0 bridgehead atoms. The first kappa shape index (κ1) is 13.5. The van der Waals surface area contributed by atoms with Crippen LogP contribution in [0.15, 0.2) is 22.7 Å². The second-order valence-electron chi connectivity index (χ2n) is 3.65. The van der Waals surface area contributed by atoms with Crippen molar-refractivity contribution in [2.75, 3.05) is 0 Å². The van der Waals surface area contributed by atoms with Crippen molar-refractivity contribution in [3.05, 3.63) is 38.3 Å². The highest BCUT2D eigenvalue weighted by Gasteiger charge is 2.24. The molecule has 88 valence electrons. The summed E-state index contributed by atoms with van der Waals surface area (Å²) in [6.07, 6.45) is 0.780. The Morgan fingerprint density at radius 2 is 2.19 bits per heavy atom. The lowest BCUT2D eigenvalue weighted by Crippen LogP contribution is -2.10. The van der Waals surface area contributed by atoms with Crippen LogP contribution in [0.2, 0.25) is 0 Å². The van der Waals surface area contributed by atoms with Gasteiger partial charge in [-0.3, -0.25) is 10.1 Å². The number of nitro benzene ring substituents is 1. The van der Waals surface area contributed by atoms with E-state index in [0.717, 1.165) is 10.9 Å². The van der Waals surface area contributed by atoms with Gasteiger partial charge in [-0.15, -0.1) is 11.6 Å². The molecule has 1 aromatic carbocycles. The molecular weight excluding hydrogens is 293 g/mol. The second-order valence-corrected chi connectivity index (χ2v) is 5.26. The third-order valence-electron chi connectivity index (χ3n) is 2.58. The molecule has 3 nitrogen and oxygen atoms in total. The summed E-state index contributed by atoms with van der Waals surface area (Å²) in [5.41, 5.74) is 0.840. The van der Waals surface area contributed by atoms with Crippen molar-refractivity contribution in [2.24, 2.45) is 0 Å². The zero-order valence-electron chi connectivity index (χ0n) is 9.11. The zero-order valence-corrected chi connectivity index (χ0v) is 11.5. The highest BCUT2D eigenvalue weighted by molar-refractivity contribution is 9.10. The highest BCUT2D eigenvalue weighted by Crippen LogP contribution is 2.35. The van der Waals surface area contributed by atoms with E-state index in [4.69, 9.17) is 11.6 Å². The normalized spacial score (nSPS) is 14.5. The molecule has 0 aliphatic rings. The van der Waals surface area contributed by atoms with E-state index in [2.05, 4.69) is 15.9 Å². The van der Waals surface area contributed by atoms with Crippen molar-refractivity contribution in [1.29, 1.82) is 0 Å². The molecule has 0 fully saturated rings. The molecule has 16 heavy (non-hydrogen) atoms. The second kappa shape index (κ2) is 5.64. The van der Waals surface area contributed by atoms with Gasteiger partial charge in [0.2, 0.25) is 0 Å². The van der Waals surface area contributed by atoms with Gasteiger partial charge >= 0.3 is 0 Å². The molecule has 0 saturated heterocycles. The van der Waals surface area contributed by atoms with Crippen molar-refractivity contribution >= 4 is 33.2 Å². The number of nitro groups is 1. The Morgan fingerprint density at radius 1 is 1.56 bits per heavy atom. The lowest BCUT2D eigenvalue weighted by molar-refractivity contribution is -0.385. The van der Waals surface area contributed by atoms with Crippen LogP contribution in [0.5, 0.6) is 0 Å². The molecule has 5 heteroatoms. The maximum Gasteiger partial charge on any atom is 0.272 e. The van der Waals surface area contributed by atoms with Gasteiger partial charge in [0.1, 0.15) is 0 Å². The molecule has 1 aromatic rings. The van der Waals surface area contributed by atoms with Gasteiger partial charge in [0.25, 0.3) is 5.69 Å². The van der Waals surface area contributed by atoms with Crippen LogP contribution in [0.4, 0.5) is 5.69 Å². The number of hydrogen-bond donors (Lipinski definition) is 0. The number of nitrogens with zero attached hydrogens (tertiary/aromatic N) is 1. The molecule has 0 N–H and O–H groups in total. The van der Waals surface area contributed by atoms with Crippen molar-refractivity contribution < 1.29 is 4.92 Å². The minimum absolute atomic E-state index is 0.000401. The van der Waals surface area contributed by atoms with Gasteiger partial charge in [-0.25, -0.2) is 0 Å². The van der Waals surface area contributed by atoms with Gasteiger partial charge < -0.3 is 0 Å². The maximum atomic E-state index is 10.9. The fourth-order valence-electron chi connectivity index (χ4n) is 1.78. The van der Waals surface area contributed by atoms with E-state index in [0.29, 0.717) is 5.56 Å². The van der Waals surface area contributed by atoms with E-state index in [9.17, 15) is 10.1 Å². The van der Waals surface area contributed by atoms with Crippen molar-refractivity contribution in [1.82, 2.24) is 0 Å². The van der Waals surface area contributed by atoms with Crippen molar-refractivity contribution in [2.45, 2.75) is 31.6 Å². The van der Waals surface area contributed by atoms with Crippen molar-refractivity contribution in [3.63, 3.8) is 0 Å². The van der Waals surface area contributed by atoms with Crippen LogP contribution in [-0.2, 0) is 0 Å². The number of benzene rings is 1. The predicted octanol–water partition coefficient (Wildman–Crippen LogP) is 4.48. The number of halogens is 2. The minimum Gasteiger partial charge on any atom is -0.258 e. The molecule has 0 heterocycles. The van der Waals surface area contributed by atoms with Crippen LogP contribution >= 0.6 is 27.5 Å². The summed E-state index contributed by atoms with van der Waals surface area (Å²) in [6.45, 7) is 3.84. The van der Waals surface area contributed by atoms with E-state index < -0.39 is 0 Å². The fraction of sp³-hybridized carbons (Fsp3) is 0.455. The Kier molecular flexibility index (Phi) is 4.74.